The second-order valence-electron chi connectivity index (χ2n) is 4.97. The smallest absolute Gasteiger partial charge is 0.226 e. The van der Waals surface area contributed by atoms with Gasteiger partial charge in [-0.3, -0.25) is 5.10 Å². The molecule has 2 aromatic heterocycles. The van der Waals surface area contributed by atoms with Gasteiger partial charge in [0.05, 0.1) is 11.6 Å². The Hall–Kier alpha value is -2.63. The number of nitrogens with one attached hydrogen (secondary N) is 3. The average molecular weight is 282 g/mol. The molecule has 21 heavy (non-hydrogen) atoms. The van der Waals surface area contributed by atoms with Crippen molar-refractivity contribution in [2.24, 2.45) is 0 Å². The zero-order valence-corrected chi connectivity index (χ0v) is 12.1. The molecule has 2 heterocycles. The van der Waals surface area contributed by atoms with Crippen molar-refractivity contribution in [2.45, 2.75) is 12.8 Å². The summed E-state index contributed by atoms with van der Waals surface area (Å²) in [5, 5.41) is 14.2. The van der Waals surface area contributed by atoms with Crippen LogP contribution in [0, 0.1) is 0 Å². The zero-order valence-electron chi connectivity index (χ0n) is 12.1. The molecule has 0 aliphatic carbocycles. The van der Waals surface area contributed by atoms with E-state index in [1.165, 1.54) is 5.56 Å². The maximum Gasteiger partial charge on any atom is 0.226 e. The van der Waals surface area contributed by atoms with Crippen LogP contribution in [0.2, 0.25) is 0 Å². The van der Waals surface area contributed by atoms with Gasteiger partial charge in [-0.05, 0) is 11.5 Å². The molecule has 3 rings (SSSR count). The number of aromatic nitrogens is 4. The number of anilines is 2. The monoisotopic (exact) mass is 282 g/mol. The third-order valence-corrected chi connectivity index (χ3v) is 3.48. The number of fused-ring (bicyclic) bond motifs is 1. The number of nitrogens with zero attached hydrogens (tertiary/aromatic N) is 3. The molecule has 1 unspecified atom stereocenters. The summed E-state index contributed by atoms with van der Waals surface area (Å²) >= 11 is 0. The average Bonchev–Trinajstić information content (AvgIpc) is 3.01. The molecule has 0 spiro atoms. The first-order valence-corrected chi connectivity index (χ1v) is 6.95. The zero-order chi connectivity index (χ0) is 14.7. The molecule has 0 aliphatic heterocycles. The van der Waals surface area contributed by atoms with Crippen LogP contribution >= 0.6 is 0 Å². The number of benzene rings is 1. The van der Waals surface area contributed by atoms with Crippen LogP contribution in [0.25, 0.3) is 11.0 Å². The Morgan fingerprint density at radius 3 is 2.76 bits per heavy atom. The van der Waals surface area contributed by atoms with Gasteiger partial charge in [0.2, 0.25) is 5.95 Å². The van der Waals surface area contributed by atoms with Crippen LogP contribution in [0.3, 0.4) is 0 Å². The van der Waals surface area contributed by atoms with Gasteiger partial charge in [-0.2, -0.15) is 15.1 Å². The molecule has 1 aromatic carbocycles. The van der Waals surface area contributed by atoms with Gasteiger partial charge in [-0.1, -0.05) is 37.3 Å². The first-order chi connectivity index (χ1) is 10.3. The predicted octanol–water partition coefficient (Wildman–Crippen LogP) is 2.61. The van der Waals surface area contributed by atoms with Crippen LogP contribution in [-0.4, -0.2) is 33.8 Å². The third-order valence-electron chi connectivity index (χ3n) is 3.48. The summed E-state index contributed by atoms with van der Waals surface area (Å²) in [4.78, 5) is 8.78. The van der Waals surface area contributed by atoms with E-state index in [0.29, 0.717) is 11.9 Å². The number of aromatic amines is 1. The summed E-state index contributed by atoms with van der Waals surface area (Å²) in [5.74, 6) is 1.75. The number of H-pyrrole nitrogens is 1. The van der Waals surface area contributed by atoms with Crippen LogP contribution in [0.4, 0.5) is 11.8 Å². The maximum absolute atomic E-state index is 4.46. The van der Waals surface area contributed by atoms with Gasteiger partial charge in [-0.25, -0.2) is 0 Å². The lowest BCUT2D eigenvalue weighted by atomic mass is 10.0. The third kappa shape index (κ3) is 2.79. The molecule has 1 atom stereocenters. The van der Waals surface area contributed by atoms with Crippen molar-refractivity contribution in [3.63, 3.8) is 0 Å². The molecule has 0 amide bonds. The lowest BCUT2D eigenvalue weighted by Gasteiger charge is -2.14. The lowest BCUT2D eigenvalue weighted by Crippen LogP contribution is -2.12. The number of hydrogen-bond acceptors (Lipinski definition) is 5. The molecule has 0 saturated carbocycles. The highest BCUT2D eigenvalue weighted by molar-refractivity contribution is 5.86. The highest BCUT2D eigenvalue weighted by Gasteiger charge is 2.10. The Balaban J connectivity index is 1.80. The molecule has 0 fully saturated rings. The first kappa shape index (κ1) is 13.4. The molecule has 108 valence electrons. The first-order valence-electron chi connectivity index (χ1n) is 6.95. The Bertz CT molecular complexity index is 721. The molecule has 0 aliphatic rings. The van der Waals surface area contributed by atoms with Crippen molar-refractivity contribution in [3.8, 4) is 0 Å². The van der Waals surface area contributed by atoms with E-state index in [-0.39, 0.29) is 0 Å². The van der Waals surface area contributed by atoms with Gasteiger partial charge in [0.15, 0.2) is 5.65 Å². The van der Waals surface area contributed by atoms with Crippen LogP contribution in [0.5, 0.6) is 0 Å². The maximum atomic E-state index is 4.46. The van der Waals surface area contributed by atoms with E-state index in [1.54, 1.807) is 13.2 Å². The van der Waals surface area contributed by atoms with Gasteiger partial charge < -0.3 is 10.6 Å². The summed E-state index contributed by atoms with van der Waals surface area (Å²) in [5.41, 5.74) is 2.03. The van der Waals surface area contributed by atoms with E-state index in [4.69, 9.17) is 0 Å². The van der Waals surface area contributed by atoms with Crippen molar-refractivity contribution >= 4 is 22.8 Å². The second-order valence-corrected chi connectivity index (χ2v) is 4.97. The number of hydrogen-bond donors (Lipinski definition) is 3. The molecule has 0 bridgehead atoms. The summed E-state index contributed by atoms with van der Waals surface area (Å²) < 4.78 is 0. The summed E-state index contributed by atoms with van der Waals surface area (Å²) in [6.45, 7) is 2.99. The van der Waals surface area contributed by atoms with Crippen LogP contribution in [-0.2, 0) is 0 Å². The molecule has 6 nitrogen and oxygen atoms in total. The second kappa shape index (κ2) is 5.78. The van der Waals surface area contributed by atoms with Gasteiger partial charge in [-0.15, -0.1) is 0 Å². The van der Waals surface area contributed by atoms with E-state index < -0.39 is 0 Å². The largest absolute Gasteiger partial charge is 0.369 e. The summed E-state index contributed by atoms with van der Waals surface area (Å²) in [6.07, 6.45) is 1.74. The quantitative estimate of drug-likeness (QED) is 0.670. The van der Waals surface area contributed by atoms with E-state index in [2.05, 4.69) is 62.0 Å². The van der Waals surface area contributed by atoms with Gasteiger partial charge in [0.25, 0.3) is 0 Å². The van der Waals surface area contributed by atoms with E-state index in [9.17, 15) is 0 Å². The number of rotatable bonds is 5. The lowest BCUT2D eigenvalue weighted by molar-refractivity contribution is 0.802. The normalized spacial score (nSPS) is 12.3. The molecular weight excluding hydrogens is 264 g/mol. The van der Waals surface area contributed by atoms with Crippen molar-refractivity contribution in [2.75, 3.05) is 24.2 Å². The van der Waals surface area contributed by atoms with Gasteiger partial charge in [0, 0.05) is 13.6 Å². The summed E-state index contributed by atoms with van der Waals surface area (Å²) in [6, 6.07) is 10.4. The Morgan fingerprint density at radius 1 is 1.19 bits per heavy atom. The Labute approximate surface area is 123 Å². The van der Waals surface area contributed by atoms with Crippen molar-refractivity contribution in [3.05, 3.63) is 42.1 Å². The highest BCUT2D eigenvalue weighted by atomic mass is 15.2. The van der Waals surface area contributed by atoms with Gasteiger partial charge in [0.1, 0.15) is 5.82 Å². The molecule has 0 saturated heterocycles. The van der Waals surface area contributed by atoms with Crippen molar-refractivity contribution in [1.82, 2.24) is 20.2 Å². The molecule has 3 aromatic rings. The topological polar surface area (TPSA) is 78.5 Å². The van der Waals surface area contributed by atoms with E-state index >= 15 is 0 Å². The van der Waals surface area contributed by atoms with Crippen molar-refractivity contribution < 1.29 is 0 Å². The van der Waals surface area contributed by atoms with E-state index in [0.717, 1.165) is 23.4 Å². The van der Waals surface area contributed by atoms with Crippen molar-refractivity contribution in [1.29, 1.82) is 0 Å². The molecular formula is C15H18N6. The van der Waals surface area contributed by atoms with Gasteiger partial charge >= 0.3 is 0 Å². The van der Waals surface area contributed by atoms with Crippen LogP contribution in [0.15, 0.2) is 36.5 Å². The van der Waals surface area contributed by atoms with Crippen LogP contribution < -0.4 is 10.6 Å². The predicted molar refractivity (Wildman–Crippen MR) is 84.6 cm³/mol. The molecule has 3 N–H and O–H groups in total. The molecule has 6 heteroatoms. The standard InChI is InChI=1S/C15H18N6/c1-10(11-6-4-3-5-7-11)8-17-13-12-9-18-21-14(12)20-15(16-2)19-13/h3-7,9-10H,8H2,1-2H3,(H3,16,17,18,19,20,21). The summed E-state index contributed by atoms with van der Waals surface area (Å²) in [7, 11) is 1.80. The SMILES string of the molecule is CNc1nc(NCC(C)c2ccccc2)c2cn[nH]c2n1. The minimum atomic E-state index is 0.390. The minimum Gasteiger partial charge on any atom is -0.369 e. The fraction of sp³-hybridized carbons (Fsp3) is 0.267. The van der Waals surface area contributed by atoms with E-state index in [1.807, 2.05) is 6.07 Å². The molecule has 0 radical (unpaired) electrons. The fourth-order valence-corrected chi connectivity index (χ4v) is 2.23. The Morgan fingerprint density at radius 2 is 2.00 bits per heavy atom. The Kier molecular flexibility index (Phi) is 3.68. The minimum absolute atomic E-state index is 0.390. The highest BCUT2D eigenvalue weighted by Crippen LogP contribution is 2.21. The fourth-order valence-electron chi connectivity index (χ4n) is 2.23. The van der Waals surface area contributed by atoms with Crippen LogP contribution in [0.1, 0.15) is 18.4 Å².